The van der Waals surface area contributed by atoms with Gasteiger partial charge >= 0.3 is 14.4 Å². The summed E-state index contributed by atoms with van der Waals surface area (Å²) in [6.07, 6.45) is -0.778. The maximum absolute atomic E-state index is 12.8. The van der Waals surface area contributed by atoms with Crippen molar-refractivity contribution >= 4 is 36.3 Å². The van der Waals surface area contributed by atoms with E-state index in [4.69, 9.17) is 22.4 Å². The van der Waals surface area contributed by atoms with Crippen LogP contribution in [0.1, 0.15) is 126 Å². The van der Waals surface area contributed by atoms with E-state index in [1.165, 1.54) is 11.1 Å². The zero-order chi connectivity index (χ0) is 38.6. The van der Waals surface area contributed by atoms with Crippen LogP contribution >= 0.6 is 8.24 Å². The van der Waals surface area contributed by atoms with E-state index in [0.717, 1.165) is 38.6 Å². The topological polar surface area (TPSA) is 71.0 Å². The summed E-state index contributed by atoms with van der Waals surface area (Å²) in [5, 5.41) is 2.00. The number of hydrogen-bond donors (Lipinski definition) is 0. The van der Waals surface area contributed by atoms with E-state index in [9.17, 15) is 4.79 Å². The molecule has 0 spiro atoms. The van der Waals surface area contributed by atoms with Crippen LogP contribution in [0.2, 0.25) is 0 Å². The van der Waals surface area contributed by atoms with Gasteiger partial charge in [0.2, 0.25) is 0 Å². The van der Waals surface area contributed by atoms with Crippen molar-refractivity contribution in [3.8, 4) is 22.6 Å². The van der Waals surface area contributed by atoms with E-state index >= 15 is 0 Å². The summed E-state index contributed by atoms with van der Waals surface area (Å²) in [7, 11) is -2.03. The molecule has 278 valence electrons. The molecule has 0 amide bonds. The molecular formula is C45H57O6P. The Morgan fingerprint density at radius 2 is 0.942 bits per heavy atom. The summed E-state index contributed by atoms with van der Waals surface area (Å²) in [4.78, 5) is 12.8. The smallest absolute Gasteiger partial charge is 0.428 e. The van der Waals surface area contributed by atoms with Gasteiger partial charge in [0, 0.05) is 33.0 Å². The molecule has 6 nitrogen and oxygen atoms in total. The molecule has 0 radical (unpaired) electrons. The highest BCUT2D eigenvalue weighted by Crippen LogP contribution is 2.47. The van der Waals surface area contributed by atoms with Gasteiger partial charge in [-0.2, -0.15) is 0 Å². The van der Waals surface area contributed by atoms with Gasteiger partial charge in [0.25, 0.3) is 0 Å². The highest BCUT2D eigenvalue weighted by atomic mass is 31.1. The number of benzene rings is 4. The van der Waals surface area contributed by atoms with Crippen molar-refractivity contribution in [1.82, 2.24) is 0 Å². The lowest BCUT2D eigenvalue weighted by Gasteiger charge is -2.27. The zero-order valence-electron chi connectivity index (χ0n) is 33.8. The Bertz CT molecular complexity index is 2060. The van der Waals surface area contributed by atoms with Gasteiger partial charge in [-0.25, -0.2) is 4.79 Å². The minimum absolute atomic E-state index is 0.105. The first kappa shape index (κ1) is 39.1. The Morgan fingerprint density at radius 3 is 1.35 bits per heavy atom. The molecule has 0 bridgehead atoms. The Morgan fingerprint density at radius 1 is 0.538 bits per heavy atom. The van der Waals surface area contributed by atoms with Crippen LogP contribution in [0, 0.1) is 0 Å². The maximum atomic E-state index is 12.8. The first-order chi connectivity index (χ1) is 23.8. The lowest BCUT2D eigenvalue weighted by Crippen LogP contribution is -2.26. The van der Waals surface area contributed by atoms with Gasteiger partial charge in [0.15, 0.2) is 0 Å². The number of ether oxygens (including phenoxy) is 2. The molecule has 0 aliphatic heterocycles. The average Bonchev–Trinajstić information content (AvgIpc) is 3.14. The second kappa shape index (κ2) is 13.7. The molecule has 0 saturated carbocycles. The predicted octanol–water partition coefficient (Wildman–Crippen LogP) is 14.3. The van der Waals surface area contributed by atoms with Crippen molar-refractivity contribution in [2.45, 2.75) is 131 Å². The highest BCUT2D eigenvalue weighted by Gasteiger charge is 2.29. The number of carbonyl (C=O) groups is 1. The van der Waals surface area contributed by atoms with Crippen molar-refractivity contribution in [3.05, 3.63) is 95.1 Å². The number of hydrogen-bond acceptors (Lipinski definition) is 6. The van der Waals surface area contributed by atoms with Crippen molar-refractivity contribution in [2.75, 3.05) is 0 Å². The van der Waals surface area contributed by atoms with Crippen molar-refractivity contribution in [1.29, 1.82) is 0 Å². The van der Waals surface area contributed by atoms with Gasteiger partial charge in [0.05, 0.1) is 0 Å². The SMILES string of the molecule is CC(C)(C)OC(=O)Oc1ccccc1-c1ccccc1Op1oc2c(C(C)(C)C)cc(C(C)(C)C)cc2c2cc(C(C)(C)C)cc(C(C)(C)C)c2o1. The molecule has 7 heteroatoms. The summed E-state index contributed by atoms with van der Waals surface area (Å²) in [6, 6.07) is 24.2. The van der Waals surface area contributed by atoms with E-state index < -0.39 is 20.0 Å². The molecule has 0 N–H and O–H groups in total. The summed E-state index contributed by atoms with van der Waals surface area (Å²) in [6.45, 7) is 32.2. The van der Waals surface area contributed by atoms with E-state index in [1.807, 2.05) is 42.5 Å². The van der Waals surface area contributed by atoms with Crippen molar-refractivity contribution in [2.24, 2.45) is 0 Å². The molecule has 0 fully saturated rings. The molecule has 0 aliphatic rings. The molecule has 0 aliphatic carbocycles. The minimum atomic E-state index is -2.03. The summed E-state index contributed by atoms with van der Waals surface area (Å²) in [5.41, 5.74) is 6.14. The quantitative estimate of drug-likeness (QED) is 0.136. The minimum Gasteiger partial charge on any atom is -0.428 e. The first-order valence-corrected chi connectivity index (χ1v) is 19.2. The normalized spacial score (nSPS) is 13.0. The average molecular weight is 725 g/mol. The zero-order valence-corrected chi connectivity index (χ0v) is 34.7. The van der Waals surface area contributed by atoms with Gasteiger partial charge in [0.1, 0.15) is 28.3 Å². The van der Waals surface area contributed by atoms with Crippen LogP contribution in [0.3, 0.4) is 0 Å². The van der Waals surface area contributed by atoms with E-state index in [-0.39, 0.29) is 21.7 Å². The van der Waals surface area contributed by atoms with Crippen LogP contribution in [0.4, 0.5) is 4.79 Å². The Kier molecular flexibility index (Phi) is 10.3. The molecule has 0 saturated heterocycles. The molecule has 0 atom stereocenters. The molecule has 5 rings (SSSR count). The summed E-state index contributed by atoms with van der Waals surface area (Å²) >= 11 is 0. The Balaban J connectivity index is 1.85. The van der Waals surface area contributed by atoms with Crippen molar-refractivity contribution < 1.29 is 27.2 Å². The number of fused-ring (bicyclic) bond motifs is 3. The molecule has 52 heavy (non-hydrogen) atoms. The molecular weight excluding hydrogens is 667 g/mol. The van der Waals surface area contributed by atoms with Crippen LogP contribution in [-0.2, 0) is 26.4 Å². The van der Waals surface area contributed by atoms with Crippen LogP contribution < -0.4 is 9.26 Å². The van der Waals surface area contributed by atoms with E-state index in [0.29, 0.717) is 17.1 Å². The molecule has 4 aromatic carbocycles. The monoisotopic (exact) mass is 724 g/mol. The van der Waals surface area contributed by atoms with E-state index in [2.05, 4.69) is 107 Å². The molecule has 1 heterocycles. The van der Waals surface area contributed by atoms with Crippen LogP contribution in [0.25, 0.3) is 33.1 Å². The lowest BCUT2D eigenvalue weighted by atomic mass is 9.77. The van der Waals surface area contributed by atoms with Gasteiger partial charge in [-0.3, -0.25) is 0 Å². The maximum Gasteiger partial charge on any atom is 0.514 e. The summed E-state index contributed by atoms with van der Waals surface area (Å²) < 4.78 is 32.1. The second-order valence-electron chi connectivity index (χ2n) is 18.9. The molecule has 5 aromatic rings. The number of para-hydroxylation sites is 2. The number of carbonyl (C=O) groups excluding carboxylic acids is 1. The first-order valence-electron chi connectivity index (χ1n) is 18.1. The van der Waals surface area contributed by atoms with Gasteiger partial charge < -0.3 is 22.4 Å². The third kappa shape index (κ3) is 8.72. The van der Waals surface area contributed by atoms with Crippen LogP contribution in [0.15, 0.2) is 81.2 Å². The fourth-order valence-electron chi connectivity index (χ4n) is 6.03. The predicted molar refractivity (Wildman–Crippen MR) is 216 cm³/mol. The van der Waals surface area contributed by atoms with Gasteiger partial charge in [-0.05, 0) is 77.8 Å². The third-order valence-corrected chi connectivity index (χ3v) is 9.98. The van der Waals surface area contributed by atoms with Crippen LogP contribution in [0.5, 0.6) is 11.5 Å². The third-order valence-electron chi connectivity index (χ3n) is 8.97. The second-order valence-corrected chi connectivity index (χ2v) is 19.9. The number of rotatable bonds is 4. The molecule has 1 aromatic heterocycles. The Hall–Kier alpha value is -4.15. The summed E-state index contributed by atoms with van der Waals surface area (Å²) in [5.74, 6) is 0.888. The Labute approximate surface area is 311 Å². The molecule has 0 unspecified atom stereocenters. The van der Waals surface area contributed by atoms with E-state index in [1.54, 1.807) is 26.8 Å². The lowest BCUT2D eigenvalue weighted by molar-refractivity contribution is 0.0207. The van der Waals surface area contributed by atoms with Crippen molar-refractivity contribution in [3.63, 3.8) is 0 Å². The standard InChI is InChI=1S/C45H57O6P/c1-41(2,3)28-24-32-33-25-29(42(4,5)6)27-35(44(10,11)12)39(33)51-52(50-38(32)34(26-28)43(7,8)9)49-37-23-19-17-21-31(37)30-20-16-18-22-36(30)47-40(46)48-45(13,14)15/h16-27H,1-15H3. The van der Waals surface area contributed by atoms with Gasteiger partial charge in [-0.1, -0.05) is 132 Å². The highest BCUT2D eigenvalue weighted by molar-refractivity contribution is 7.32. The largest absolute Gasteiger partial charge is 0.514 e. The van der Waals surface area contributed by atoms with Crippen LogP contribution in [-0.4, -0.2) is 11.8 Å². The fourth-order valence-corrected chi connectivity index (χ4v) is 7.15. The van der Waals surface area contributed by atoms with Gasteiger partial charge in [-0.15, -0.1) is 0 Å². The fraction of sp³-hybridized carbons (Fsp3) is 0.444.